The molecule has 1 aliphatic rings. The predicted octanol–water partition coefficient (Wildman–Crippen LogP) is 1.85. The summed E-state index contributed by atoms with van der Waals surface area (Å²) < 4.78 is 0. The Labute approximate surface area is 124 Å². The van der Waals surface area contributed by atoms with Crippen molar-refractivity contribution < 1.29 is 0 Å². The van der Waals surface area contributed by atoms with Gasteiger partial charge in [-0.15, -0.1) is 5.10 Å². The maximum atomic E-state index is 4.74. The molecule has 3 rings (SSSR count). The van der Waals surface area contributed by atoms with Crippen LogP contribution >= 0.6 is 0 Å². The molecule has 0 aromatic carbocycles. The molecule has 2 aromatic heterocycles. The minimum atomic E-state index is 0.167. The van der Waals surface area contributed by atoms with Gasteiger partial charge in [-0.3, -0.25) is 5.10 Å². The fourth-order valence-electron chi connectivity index (χ4n) is 2.88. The van der Waals surface area contributed by atoms with E-state index in [1.165, 1.54) is 6.42 Å². The number of anilines is 1. The van der Waals surface area contributed by atoms with E-state index in [0.29, 0.717) is 5.95 Å². The molecule has 1 N–H and O–H groups in total. The van der Waals surface area contributed by atoms with Gasteiger partial charge in [0.25, 0.3) is 0 Å². The van der Waals surface area contributed by atoms with Gasteiger partial charge in [-0.2, -0.15) is 10.2 Å². The first kappa shape index (κ1) is 13.9. The smallest absolute Gasteiger partial charge is 0.246 e. The van der Waals surface area contributed by atoms with E-state index in [1.54, 1.807) is 6.33 Å². The van der Waals surface area contributed by atoms with Crippen LogP contribution in [0.3, 0.4) is 0 Å². The van der Waals surface area contributed by atoms with Crippen molar-refractivity contribution in [2.45, 2.75) is 52.0 Å². The lowest BCUT2D eigenvalue weighted by Gasteiger charge is -2.34. The second kappa shape index (κ2) is 6.15. The first-order chi connectivity index (χ1) is 10.3. The van der Waals surface area contributed by atoms with Crippen molar-refractivity contribution in [3.05, 3.63) is 23.5 Å². The van der Waals surface area contributed by atoms with E-state index < -0.39 is 0 Å². The largest absolute Gasteiger partial charge is 0.329 e. The lowest BCUT2D eigenvalue weighted by molar-refractivity contribution is 0.447. The summed E-state index contributed by atoms with van der Waals surface area (Å²) in [5.74, 6) is 1.60. The Hall–Kier alpha value is -2.05. The minimum absolute atomic E-state index is 0.167. The standard InChI is InChI=1S/C14H21N7/c1-3-10-11(4-2)18-20-14(17-10)21-8-6-5-7-12(21)13-15-9-16-19-13/h9,12H,3-8H2,1-2H3,(H,15,16,19). The Balaban J connectivity index is 1.93. The van der Waals surface area contributed by atoms with E-state index in [2.05, 4.69) is 44.1 Å². The van der Waals surface area contributed by atoms with Crippen LogP contribution in [0.1, 0.15) is 56.4 Å². The van der Waals surface area contributed by atoms with Crippen LogP contribution < -0.4 is 4.90 Å². The number of nitrogens with zero attached hydrogens (tertiary/aromatic N) is 6. The fraction of sp³-hybridized carbons (Fsp3) is 0.643. The van der Waals surface area contributed by atoms with Gasteiger partial charge in [-0.25, -0.2) is 9.97 Å². The van der Waals surface area contributed by atoms with Crippen molar-refractivity contribution >= 4 is 5.95 Å². The molecule has 0 spiro atoms. The molecule has 1 saturated heterocycles. The number of nitrogens with one attached hydrogen (secondary N) is 1. The van der Waals surface area contributed by atoms with Crippen molar-refractivity contribution in [2.75, 3.05) is 11.4 Å². The number of rotatable bonds is 4. The van der Waals surface area contributed by atoms with E-state index in [9.17, 15) is 0 Å². The Morgan fingerprint density at radius 3 is 2.76 bits per heavy atom. The van der Waals surface area contributed by atoms with Gasteiger partial charge in [0.05, 0.1) is 17.4 Å². The van der Waals surface area contributed by atoms with Gasteiger partial charge in [0.1, 0.15) is 12.2 Å². The molecular formula is C14H21N7. The number of hydrogen-bond acceptors (Lipinski definition) is 6. The zero-order valence-electron chi connectivity index (χ0n) is 12.6. The van der Waals surface area contributed by atoms with Crippen molar-refractivity contribution in [1.29, 1.82) is 0 Å². The van der Waals surface area contributed by atoms with Gasteiger partial charge in [0.2, 0.25) is 5.95 Å². The highest BCUT2D eigenvalue weighted by Crippen LogP contribution is 2.31. The third-order valence-electron chi connectivity index (χ3n) is 4.01. The molecule has 7 nitrogen and oxygen atoms in total. The van der Waals surface area contributed by atoms with E-state index in [0.717, 1.165) is 49.4 Å². The molecule has 21 heavy (non-hydrogen) atoms. The van der Waals surface area contributed by atoms with E-state index in [1.807, 2.05) is 0 Å². The first-order valence-corrected chi connectivity index (χ1v) is 7.67. The van der Waals surface area contributed by atoms with Crippen molar-refractivity contribution in [3.63, 3.8) is 0 Å². The van der Waals surface area contributed by atoms with Crippen LogP contribution in [0, 0.1) is 0 Å². The third-order valence-corrected chi connectivity index (χ3v) is 4.01. The van der Waals surface area contributed by atoms with E-state index in [4.69, 9.17) is 4.98 Å². The monoisotopic (exact) mass is 287 g/mol. The average molecular weight is 287 g/mol. The molecule has 1 unspecified atom stereocenters. The molecule has 1 aliphatic heterocycles. The third kappa shape index (κ3) is 2.72. The summed E-state index contributed by atoms with van der Waals surface area (Å²) in [6.07, 6.45) is 6.67. The molecule has 112 valence electrons. The van der Waals surface area contributed by atoms with Crippen LogP contribution in [0.5, 0.6) is 0 Å². The molecule has 2 aromatic rings. The van der Waals surface area contributed by atoms with Crippen LogP contribution in [-0.4, -0.2) is 36.9 Å². The number of H-pyrrole nitrogens is 1. The number of aromatic nitrogens is 6. The molecule has 1 atom stereocenters. The quantitative estimate of drug-likeness (QED) is 0.924. The van der Waals surface area contributed by atoms with Crippen LogP contribution in [0.2, 0.25) is 0 Å². The summed E-state index contributed by atoms with van der Waals surface area (Å²) in [4.78, 5) is 11.2. The molecule has 0 amide bonds. The van der Waals surface area contributed by atoms with Gasteiger partial charge in [-0.1, -0.05) is 13.8 Å². The van der Waals surface area contributed by atoms with E-state index in [-0.39, 0.29) is 6.04 Å². The highest BCUT2D eigenvalue weighted by molar-refractivity contribution is 5.34. The molecule has 1 fully saturated rings. The Bertz CT molecular complexity index is 581. The van der Waals surface area contributed by atoms with Gasteiger partial charge < -0.3 is 4.90 Å². The summed E-state index contributed by atoms with van der Waals surface area (Å²) in [5, 5.41) is 15.6. The molecule has 0 radical (unpaired) electrons. The summed E-state index contributed by atoms with van der Waals surface area (Å²) in [6.45, 7) is 5.13. The number of aryl methyl sites for hydroxylation is 2. The highest BCUT2D eigenvalue weighted by Gasteiger charge is 2.28. The summed E-state index contributed by atoms with van der Waals surface area (Å²) in [5.41, 5.74) is 2.04. The van der Waals surface area contributed by atoms with E-state index >= 15 is 0 Å². The second-order valence-electron chi connectivity index (χ2n) is 5.29. The normalized spacial score (nSPS) is 19.0. The number of aromatic amines is 1. The molecule has 0 saturated carbocycles. The van der Waals surface area contributed by atoms with Crippen molar-refractivity contribution in [3.8, 4) is 0 Å². The summed E-state index contributed by atoms with van der Waals surface area (Å²) in [6, 6.07) is 0.167. The lowest BCUT2D eigenvalue weighted by Crippen LogP contribution is -2.35. The zero-order chi connectivity index (χ0) is 14.7. The first-order valence-electron chi connectivity index (χ1n) is 7.67. The summed E-state index contributed by atoms with van der Waals surface area (Å²) in [7, 11) is 0. The van der Waals surface area contributed by atoms with Gasteiger partial charge in [-0.05, 0) is 32.1 Å². The van der Waals surface area contributed by atoms with Gasteiger partial charge in [0, 0.05) is 6.54 Å². The SMILES string of the molecule is CCc1nnc(N2CCCCC2c2ncn[nH]2)nc1CC. The van der Waals surface area contributed by atoms with Gasteiger partial charge in [0.15, 0.2) is 0 Å². The topological polar surface area (TPSA) is 83.5 Å². The van der Waals surface area contributed by atoms with Crippen LogP contribution in [-0.2, 0) is 12.8 Å². The second-order valence-corrected chi connectivity index (χ2v) is 5.29. The summed E-state index contributed by atoms with van der Waals surface area (Å²) >= 11 is 0. The molecule has 3 heterocycles. The maximum Gasteiger partial charge on any atom is 0.246 e. The molecular weight excluding hydrogens is 266 g/mol. The molecule has 7 heteroatoms. The van der Waals surface area contributed by atoms with Crippen LogP contribution in [0.25, 0.3) is 0 Å². The Kier molecular flexibility index (Phi) is 4.08. The Morgan fingerprint density at radius 2 is 2.05 bits per heavy atom. The minimum Gasteiger partial charge on any atom is -0.329 e. The predicted molar refractivity (Wildman–Crippen MR) is 78.9 cm³/mol. The Morgan fingerprint density at radius 1 is 1.19 bits per heavy atom. The number of piperidine rings is 1. The maximum absolute atomic E-state index is 4.74. The van der Waals surface area contributed by atoms with Crippen LogP contribution in [0.15, 0.2) is 6.33 Å². The zero-order valence-corrected chi connectivity index (χ0v) is 12.6. The lowest BCUT2D eigenvalue weighted by atomic mass is 10.0. The van der Waals surface area contributed by atoms with Gasteiger partial charge >= 0.3 is 0 Å². The average Bonchev–Trinajstić information content (AvgIpc) is 3.08. The fourth-order valence-corrected chi connectivity index (χ4v) is 2.88. The van der Waals surface area contributed by atoms with Crippen molar-refractivity contribution in [2.24, 2.45) is 0 Å². The molecule has 0 bridgehead atoms. The number of hydrogen-bond donors (Lipinski definition) is 1. The van der Waals surface area contributed by atoms with Crippen LogP contribution in [0.4, 0.5) is 5.95 Å². The highest BCUT2D eigenvalue weighted by atomic mass is 15.4. The molecule has 0 aliphatic carbocycles. The van der Waals surface area contributed by atoms with Crippen molar-refractivity contribution in [1.82, 2.24) is 30.4 Å².